The molecule has 0 aromatic carbocycles. The Labute approximate surface area is 44.0 Å². The standard InChI is InChI=1S/C6H11F/c1-5(2)4-6(3)7/h6H,1,4H2,2-3H3. The third-order valence-electron chi connectivity index (χ3n) is 0.630. The smallest absolute Gasteiger partial charge is 0.101 e. The van der Waals surface area contributed by atoms with E-state index in [0.29, 0.717) is 6.42 Å². The Balaban J connectivity index is 3.13. The van der Waals surface area contributed by atoms with E-state index in [2.05, 4.69) is 6.58 Å². The van der Waals surface area contributed by atoms with Crippen LogP contribution in [0.25, 0.3) is 0 Å². The van der Waals surface area contributed by atoms with E-state index in [0.717, 1.165) is 5.57 Å². The molecule has 0 spiro atoms. The average Bonchev–Trinajstić information content (AvgIpc) is 1.27. The van der Waals surface area contributed by atoms with Crippen LogP contribution in [0, 0.1) is 0 Å². The van der Waals surface area contributed by atoms with Crippen LogP contribution in [0.2, 0.25) is 0 Å². The summed E-state index contributed by atoms with van der Waals surface area (Å²) in [5.74, 6) is 0. The summed E-state index contributed by atoms with van der Waals surface area (Å²) < 4.78 is 11.9. The fraction of sp³-hybridized carbons (Fsp3) is 0.667. The van der Waals surface area contributed by atoms with E-state index >= 15 is 0 Å². The summed E-state index contributed by atoms with van der Waals surface area (Å²) in [6, 6.07) is 0. The highest BCUT2D eigenvalue weighted by atomic mass is 19.1. The summed E-state index contributed by atoms with van der Waals surface area (Å²) in [5, 5.41) is 0. The minimum atomic E-state index is -0.725. The van der Waals surface area contributed by atoms with Crippen LogP contribution >= 0.6 is 0 Å². The molecule has 0 N–H and O–H groups in total. The number of hydrogen-bond acceptors (Lipinski definition) is 0. The molecule has 0 heterocycles. The second-order valence-electron chi connectivity index (χ2n) is 1.94. The SMILES string of the molecule is C=C(C)CC(C)F. The molecule has 0 bridgehead atoms. The Morgan fingerprint density at radius 1 is 1.86 bits per heavy atom. The van der Waals surface area contributed by atoms with Crippen molar-refractivity contribution in [3.05, 3.63) is 12.2 Å². The maximum absolute atomic E-state index is 11.9. The van der Waals surface area contributed by atoms with Crippen LogP contribution in [0.3, 0.4) is 0 Å². The van der Waals surface area contributed by atoms with Gasteiger partial charge in [0.1, 0.15) is 6.17 Å². The van der Waals surface area contributed by atoms with Gasteiger partial charge in [-0.05, 0) is 20.3 Å². The lowest BCUT2D eigenvalue weighted by atomic mass is 10.2. The summed E-state index contributed by atoms with van der Waals surface area (Å²) in [6.07, 6.45) is -0.225. The minimum Gasteiger partial charge on any atom is -0.247 e. The monoisotopic (exact) mass is 102 g/mol. The minimum absolute atomic E-state index is 0.500. The van der Waals surface area contributed by atoms with Crippen LogP contribution in [0.5, 0.6) is 0 Å². The van der Waals surface area contributed by atoms with Crippen molar-refractivity contribution in [3.8, 4) is 0 Å². The van der Waals surface area contributed by atoms with Gasteiger partial charge in [0.2, 0.25) is 0 Å². The van der Waals surface area contributed by atoms with Gasteiger partial charge in [-0.1, -0.05) is 5.57 Å². The lowest BCUT2D eigenvalue weighted by molar-refractivity contribution is 0.360. The molecule has 1 heteroatoms. The van der Waals surface area contributed by atoms with Gasteiger partial charge in [0.25, 0.3) is 0 Å². The predicted molar refractivity (Wildman–Crippen MR) is 30.0 cm³/mol. The molecule has 0 fully saturated rings. The highest BCUT2D eigenvalue weighted by Gasteiger charge is 1.94. The average molecular weight is 102 g/mol. The van der Waals surface area contributed by atoms with Crippen molar-refractivity contribution in [1.82, 2.24) is 0 Å². The van der Waals surface area contributed by atoms with Gasteiger partial charge in [-0.15, -0.1) is 6.58 Å². The van der Waals surface area contributed by atoms with E-state index in [4.69, 9.17) is 0 Å². The van der Waals surface area contributed by atoms with Gasteiger partial charge in [0.05, 0.1) is 0 Å². The molecule has 0 nitrogen and oxygen atoms in total. The molecular weight excluding hydrogens is 91.1 g/mol. The molecule has 1 unspecified atom stereocenters. The summed E-state index contributed by atoms with van der Waals surface area (Å²) in [4.78, 5) is 0. The van der Waals surface area contributed by atoms with Gasteiger partial charge in [0, 0.05) is 0 Å². The molecule has 0 rings (SSSR count). The summed E-state index contributed by atoms with van der Waals surface area (Å²) >= 11 is 0. The molecule has 0 aliphatic heterocycles. The molecule has 7 heavy (non-hydrogen) atoms. The Bertz CT molecular complexity index is 64.6. The highest BCUT2D eigenvalue weighted by molar-refractivity contribution is 4.89. The summed E-state index contributed by atoms with van der Waals surface area (Å²) in [5.41, 5.74) is 0.912. The van der Waals surface area contributed by atoms with Crippen molar-refractivity contribution in [2.75, 3.05) is 0 Å². The van der Waals surface area contributed by atoms with E-state index < -0.39 is 6.17 Å². The van der Waals surface area contributed by atoms with Crippen molar-refractivity contribution < 1.29 is 4.39 Å². The number of allylic oxidation sites excluding steroid dienone is 1. The van der Waals surface area contributed by atoms with E-state index in [1.807, 2.05) is 6.92 Å². The zero-order valence-corrected chi connectivity index (χ0v) is 4.87. The lowest BCUT2D eigenvalue weighted by Crippen LogP contribution is -1.90. The van der Waals surface area contributed by atoms with Crippen LogP contribution < -0.4 is 0 Å². The number of rotatable bonds is 2. The van der Waals surface area contributed by atoms with E-state index in [1.54, 1.807) is 0 Å². The molecule has 42 valence electrons. The molecule has 0 amide bonds. The highest BCUT2D eigenvalue weighted by Crippen LogP contribution is 2.02. The van der Waals surface area contributed by atoms with Gasteiger partial charge in [-0.25, -0.2) is 4.39 Å². The van der Waals surface area contributed by atoms with Gasteiger partial charge in [-0.2, -0.15) is 0 Å². The van der Waals surface area contributed by atoms with E-state index in [-0.39, 0.29) is 0 Å². The molecule has 0 aliphatic carbocycles. The second-order valence-corrected chi connectivity index (χ2v) is 1.94. The fourth-order valence-electron chi connectivity index (χ4n) is 0.480. The Morgan fingerprint density at radius 3 is 2.29 bits per heavy atom. The Hall–Kier alpha value is -0.330. The van der Waals surface area contributed by atoms with Crippen molar-refractivity contribution in [3.63, 3.8) is 0 Å². The summed E-state index contributed by atoms with van der Waals surface area (Å²) in [6.45, 7) is 6.92. The van der Waals surface area contributed by atoms with E-state index in [1.165, 1.54) is 6.92 Å². The molecule has 0 saturated carbocycles. The Kier molecular flexibility index (Phi) is 2.65. The van der Waals surface area contributed by atoms with E-state index in [9.17, 15) is 4.39 Å². The zero-order valence-electron chi connectivity index (χ0n) is 4.87. The lowest BCUT2D eigenvalue weighted by Gasteiger charge is -1.96. The van der Waals surface area contributed by atoms with Crippen molar-refractivity contribution >= 4 is 0 Å². The van der Waals surface area contributed by atoms with Gasteiger partial charge >= 0.3 is 0 Å². The molecule has 1 atom stereocenters. The van der Waals surface area contributed by atoms with Gasteiger partial charge in [0.15, 0.2) is 0 Å². The number of hydrogen-bond donors (Lipinski definition) is 0. The molecule has 0 aromatic heterocycles. The molecule has 0 aromatic rings. The van der Waals surface area contributed by atoms with Crippen LogP contribution in [0.1, 0.15) is 20.3 Å². The number of halogens is 1. The van der Waals surface area contributed by atoms with Crippen LogP contribution in [0.15, 0.2) is 12.2 Å². The summed E-state index contributed by atoms with van der Waals surface area (Å²) in [7, 11) is 0. The van der Waals surface area contributed by atoms with Crippen molar-refractivity contribution in [2.24, 2.45) is 0 Å². The maximum atomic E-state index is 11.9. The molecule has 0 radical (unpaired) electrons. The van der Waals surface area contributed by atoms with Crippen molar-refractivity contribution in [2.45, 2.75) is 26.4 Å². The third-order valence-corrected chi connectivity index (χ3v) is 0.630. The quantitative estimate of drug-likeness (QED) is 0.469. The first-order valence-corrected chi connectivity index (χ1v) is 2.41. The number of alkyl halides is 1. The van der Waals surface area contributed by atoms with Gasteiger partial charge < -0.3 is 0 Å². The molecule has 0 saturated heterocycles. The third kappa shape index (κ3) is 5.67. The van der Waals surface area contributed by atoms with Crippen LogP contribution in [0.4, 0.5) is 4.39 Å². The first-order valence-electron chi connectivity index (χ1n) is 2.41. The van der Waals surface area contributed by atoms with Crippen LogP contribution in [-0.2, 0) is 0 Å². The molecular formula is C6H11F. The topological polar surface area (TPSA) is 0 Å². The largest absolute Gasteiger partial charge is 0.247 e. The first kappa shape index (κ1) is 6.67. The van der Waals surface area contributed by atoms with Gasteiger partial charge in [-0.3, -0.25) is 0 Å². The van der Waals surface area contributed by atoms with Crippen molar-refractivity contribution in [1.29, 1.82) is 0 Å². The second kappa shape index (κ2) is 2.78. The predicted octanol–water partition coefficient (Wildman–Crippen LogP) is 2.31. The normalized spacial score (nSPS) is 13.6. The molecule has 0 aliphatic rings. The fourth-order valence-corrected chi connectivity index (χ4v) is 0.480. The maximum Gasteiger partial charge on any atom is 0.101 e. The first-order chi connectivity index (χ1) is 3.13. The zero-order chi connectivity index (χ0) is 5.86. The Morgan fingerprint density at radius 2 is 2.29 bits per heavy atom. The van der Waals surface area contributed by atoms with Crippen LogP contribution in [-0.4, -0.2) is 6.17 Å².